The molecule has 0 aliphatic heterocycles. The van der Waals surface area contributed by atoms with Crippen LogP contribution in [0.25, 0.3) is 0 Å². The summed E-state index contributed by atoms with van der Waals surface area (Å²) in [4.78, 5) is 20.0. The molecule has 1 amide bonds. The van der Waals surface area contributed by atoms with Crippen LogP contribution in [-0.4, -0.2) is 21.9 Å². The first-order chi connectivity index (χ1) is 10.6. The van der Waals surface area contributed by atoms with Gasteiger partial charge in [0.1, 0.15) is 6.07 Å². The molecule has 1 aromatic heterocycles. The van der Waals surface area contributed by atoms with Crippen molar-refractivity contribution in [3.8, 4) is 6.07 Å². The van der Waals surface area contributed by atoms with Gasteiger partial charge in [0.2, 0.25) is 0 Å². The molecule has 0 bridgehead atoms. The third-order valence-electron chi connectivity index (χ3n) is 3.20. The monoisotopic (exact) mass is 295 g/mol. The molecule has 6 heteroatoms. The van der Waals surface area contributed by atoms with E-state index in [1.165, 1.54) is 12.4 Å². The fourth-order valence-electron chi connectivity index (χ4n) is 1.76. The van der Waals surface area contributed by atoms with E-state index in [0.29, 0.717) is 11.4 Å². The summed E-state index contributed by atoms with van der Waals surface area (Å²) < 4.78 is 0. The lowest BCUT2D eigenvalue weighted by molar-refractivity contribution is 0.0939. The van der Waals surface area contributed by atoms with Gasteiger partial charge in [-0.2, -0.15) is 5.26 Å². The third kappa shape index (κ3) is 3.79. The molecule has 2 N–H and O–H groups in total. The maximum atomic E-state index is 12.0. The minimum absolute atomic E-state index is 0.0990. The molecule has 0 radical (unpaired) electrons. The molecule has 0 aliphatic carbocycles. The molecular formula is C16H17N5O. The zero-order valence-electron chi connectivity index (χ0n) is 12.5. The Kier molecular flexibility index (Phi) is 5.04. The molecule has 0 spiro atoms. The predicted molar refractivity (Wildman–Crippen MR) is 83.7 cm³/mol. The van der Waals surface area contributed by atoms with E-state index in [1.54, 1.807) is 24.3 Å². The van der Waals surface area contributed by atoms with E-state index < -0.39 is 0 Å². The number of benzene rings is 1. The number of nitrogens with zero attached hydrogens (tertiary/aromatic N) is 3. The lowest BCUT2D eigenvalue weighted by atomic mass is 10.1. The van der Waals surface area contributed by atoms with Crippen LogP contribution in [0.5, 0.6) is 0 Å². The average molecular weight is 295 g/mol. The first-order valence-electron chi connectivity index (χ1n) is 7.03. The van der Waals surface area contributed by atoms with Crippen LogP contribution in [-0.2, 0) is 0 Å². The number of carbonyl (C=O) groups is 1. The normalized spacial score (nSPS) is 11.3. The van der Waals surface area contributed by atoms with Gasteiger partial charge >= 0.3 is 0 Å². The summed E-state index contributed by atoms with van der Waals surface area (Å²) in [5, 5.41) is 14.9. The summed E-state index contributed by atoms with van der Waals surface area (Å²) in [7, 11) is 0. The van der Waals surface area contributed by atoms with Crippen LogP contribution in [0, 0.1) is 11.3 Å². The largest absolute Gasteiger partial charge is 0.350 e. The van der Waals surface area contributed by atoms with Crippen molar-refractivity contribution in [2.75, 3.05) is 5.32 Å². The van der Waals surface area contributed by atoms with E-state index in [9.17, 15) is 4.79 Å². The Morgan fingerprint density at radius 1 is 1.27 bits per heavy atom. The quantitative estimate of drug-likeness (QED) is 0.884. The molecule has 112 valence electrons. The van der Waals surface area contributed by atoms with E-state index in [2.05, 4.69) is 20.6 Å². The van der Waals surface area contributed by atoms with Gasteiger partial charge in [-0.05, 0) is 37.6 Å². The standard InChI is InChI=1S/C16H17N5O/c1-3-11(2)20-16(22)12-4-6-13(7-5-12)21-15-14(10-17)18-8-9-19-15/h4-9,11H,3H2,1-2H3,(H,19,21)(H,20,22). The van der Waals surface area contributed by atoms with Crippen molar-refractivity contribution in [2.24, 2.45) is 0 Å². The minimum atomic E-state index is -0.0990. The first kappa shape index (κ1) is 15.4. The molecule has 1 unspecified atom stereocenters. The average Bonchev–Trinajstić information content (AvgIpc) is 2.55. The Hall–Kier alpha value is -2.94. The lowest BCUT2D eigenvalue weighted by Crippen LogP contribution is -2.31. The number of hydrogen-bond donors (Lipinski definition) is 2. The summed E-state index contributed by atoms with van der Waals surface area (Å²) in [6.07, 6.45) is 3.86. The lowest BCUT2D eigenvalue weighted by Gasteiger charge is -2.12. The first-order valence-corrected chi connectivity index (χ1v) is 7.03. The molecule has 22 heavy (non-hydrogen) atoms. The van der Waals surface area contributed by atoms with E-state index in [1.807, 2.05) is 19.9 Å². The molecule has 2 rings (SSSR count). The molecule has 1 heterocycles. The van der Waals surface area contributed by atoms with Crippen molar-refractivity contribution in [1.29, 1.82) is 5.26 Å². The molecule has 1 atom stereocenters. The third-order valence-corrected chi connectivity index (χ3v) is 3.20. The maximum absolute atomic E-state index is 12.0. The van der Waals surface area contributed by atoms with Crippen molar-refractivity contribution >= 4 is 17.4 Å². The van der Waals surface area contributed by atoms with Crippen molar-refractivity contribution in [1.82, 2.24) is 15.3 Å². The number of carbonyl (C=O) groups excluding carboxylic acids is 1. The highest BCUT2D eigenvalue weighted by molar-refractivity contribution is 5.94. The summed E-state index contributed by atoms with van der Waals surface area (Å²) in [6.45, 7) is 3.98. The van der Waals surface area contributed by atoms with Crippen molar-refractivity contribution in [3.63, 3.8) is 0 Å². The van der Waals surface area contributed by atoms with Gasteiger partial charge in [-0.25, -0.2) is 9.97 Å². The number of anilines is 2. The number of aromatic nitrogens is 2. The Labute approximate surface area is 129 Å². The molecule has 0 aliphatic rings. The highest BCUT2D eigenvalue weighted by atomic mass is 16.1. The molecule has 0 saturated heterocycles. The Morgan fingerprint density at radius 3 is 2.59 bits per heavy atom. The van der Waals surface area contributed by atoms with Crippen LogP contribution in [0.4, 0.5) is 11.5 Å². The minimum Gasteiger partial charge on any atom is -0.350 e. The van der Waals surface area contributed by atoms with Crippen molar-refractivity contribution in [2.45, 2.75) is 26.3 Å². The van der Waals surface area contributed by atoms with E-state index >= 15 is 0 Å². The summed E-state index contributed by atoms with van der Waals surface area (Å²) in [5.74, 6) is 0.292. The maximum Gasteiger partial charge on any atom is 0.251 e. The van der Waals surface area contributed by atoms with E-state index in [-0.39, 0.29) is 17.6 Å². The Bertz CT molecular complexity index is 690. The second-order valence-corrected chi connectivity index (χ2v) is 4.85. The van der Waals surface area contributed by atoms with Gasteiger partial charge in [-0.3, -0.25) is 4.79 Å². The molecule has 1 aromatic carbocycles. The molecular weight excluding hydrogens is 278 g/mol. The summed E-state index contributed by atoms with van der Waals surface area (Å²) in [5.41, 5.74) is 1.55. The van der Waals surface area contributed by atoms with Crippen LogP contribution in [0.15, 0.2) is 36.7 Å². The zero-order valence-corrected chi connectivity index (χ0v) is 12.5. The number of hydrogen-bond acceptors (Lipinski definition) is 5. The van der Waals surface area contributed by atoms with Gasteiger partial charge in [0.05, 0.1) is 0 Å². The van der Waals surface area contributed by atoms with Crippen LogP contribution in [0.3, 0.4) is 0 Å². The zero-order chi connectivity index (χ0) is 15.9. The fourth-order valence-corrected chi connectivity index (χ4v) is 1.76. The number of rotatable bonds is 5. The molecule has 2 aromatic rings. The van der Waals surface area contributed by atoms with Gasteiger partial charge in [0.25, 0.3) is 5.91 Å². The van der Waals surface area contributed by atoms with Gasteiger partial charge in [0, 0.05) is 29.7 Å². The van der Waals surface area contributed by atoms with Crippen molar-refractivity contribution in [3.05, 3.63) is 47.9 Å². The molecule has 6 nitrogen and oxygen atoms in total. The van der Waals surface area contributed by atoms with Crippen LogP contribution in [0.1, 0.15) is 36.3 Å². The summed E-state index contributed by atoms with van der Waals surface area (Å²) >= 11 is 0. The highest BCUT2D eigenvalue weighted by Crippen LogP contribution is 2.17. The van der Waals surface area contributed by atoms with Gasteiger partial charge < -0.3 is 10.6 Å². The fraction of sp³-hybridized carbons (Fsp3) is 0.250. The number of nitriles is 1. The predicted octanol–water partition coefficient (Wildman–Crippen LogP) is 2.62. The summed E-state index contributed by atoms with van der Waals surface area (Å²) in [6, 6.07) is 9.09. The molecule has 0 saturated carbocycles. The van der Waals surface area contributed by atoms with Gasteiger partial charge in [-0.1, -0.05) is 6.92 Å². The number of amides is 1. The van der Waals surface area contributed by atoms with E-state index in [0.717, 1.165) is 12.1 Å². The van der Waals surface area contributed by atoms with Crippen molar-refractivity contribution < 1.29 is 4.79 Å². The van der Waals surface area contributed by atoms with Crippen LogP contribution in [0.2, 0.25) is 0 Å². The van der Waals surface area contributed by atoms with Gasteiger partial charge in [-0.15, -0.1) is 0 Å². The molecule has 0 fully saturated rings. The Balaban J connectivity index is 2.09. The van der Waals surface area contributed by atoms with E-state index in [4.69, 9.17) is 5.26 Å². The second kappa shape index (κ2) is 7.18. The highest BCUT2D eigenvalue weighted by Gasteiger charge is 2.09. The second-order valence-electron chi connectivity index (χ2n) is 4.85. The SMILES string of the molecule is CCC(C)NC(=O)c1ccc(Nc2nccnc2C#N)cc1. The van der Waals surface area contributed by atoms with Crippen LogP contribution < -0.4 is 10.6 Å². The number of nitrogens with one attached hydrogen (secondary N) is 2. The topological polar surface area (TPSA) is 90.7 Å². The smallest absolute Gasteiger partial charge is 0.251 e. The van der Waals surface area contributed by atoms with Crippen LogP contribution >= 0.6 is 0 Å². The van der Waals surface area contributed by atoms with Gasteiger partial charge in [0.15, 0.2) is 11.5 Å². The Morgan fingerprint density at radius 2 is 1.95 bits per heavy atom.